The van der Waals surface area contributed by atoms with E-state index >= 15 is 0 Å². The summed E-state index contributed by atoms with van der Waals surface area (Å²) < 4.78 is 24.9. The smallest absolute Gasteiger partial charge is 0.311 e. The van der Waals surface area contributed by atoms with Crippen LogP contribution >= 0.6 is 0 Å². The SMILES string of the molecule is CCC(C)=CNC1=C(C)CN(C(=O)c2nnc(-c3ccc(OC)cn3)o2)CC1.Fc1cccn2nccc12. The molecule has 38 heavy (non-hydrogen) atoms. The average Bonchev–Trinajstić information content (AvgIpc) is 3.63. The van der Waals surface area contributed by atoms with Crippen LogP contribution in [0.1, 0.15) is 44.3 Å². The molecule has 0 saturated heterocycles. The summed E-state index contributed by atoms with van der Waals surface area (Å²) in [6, 6.07) is 8.12. The number of hydrogen-bond donors (Lipinski definition) is 1. The number of pyridine rings is 2. The number of fused-ring (bicyclic) bond motifs is 1. The summed E-state index contributed by atoms with van der Waals surface area (Å²) in [6.07, 6.45) is 8.63. The first-order valence-corrected chi connectivity index (χ1v) is 12.2. The number of carbonyl (C=O) groups excluding carboxylic acids is 1. The highest BCUT2D eigenvalue weighted by Gasteiger charge is 2.26. The number of methoxy groups -OCH3 is 1. The molecule has 1 amide bonds. The molecule has 0 unspecified atom stereocenters. The van der Waals surface area contributed by atoms with E-state index in [0.717, 1.165) is 24.1 Å². The molecule has 0 saturated carbocycles. The van der Waals surface area contributed by atoms with Gasteiger partial charge in [0, 0.05) is 31.4 Å². The summed E-state index contributed by atoms with van der Waals surface area (Å²) in [6.45, 7) is 7.36. The van der Waals surface area contributed by atoms with E-state index in [9.17, 15) is 9.18 Å². The number of allylic oxidation sites excluding steroid dienone is 1. The Morgan fingerprint density at radius 1 is 1.26 bits per heavy atom. The fraction of sp³-hybridized carbons (Fsp3) is 0.296. The summed E-state index contributed by atoms with van der Waals surface area (Å²) in [5, 5.41) is 15.1. The molecule has 0 bridgehead atoms. The topological polar surface area (TPSA) is 111 Å². The third kappa shape index (κ3) is 6.23. The quantitative estimate of drug-likeness (QED) is 0.392. The van der Waals surface area contributed by atoms with Crippen molar-refractivity contribution in [3.63, 3.8) is 0 Å². The molecule has 4 aromatic heterocycles. The maximum absolute atomic E-state index is 12.8. The van der Waals surface area contributed by atoms with Gasteiger partial charge >= 0.3 is 11.8 Å². The third-order valence-electron chi connectivity index (χ3n) is 6.10. The zero-order valence-corrected chi connectivity index (χ0v) is 21.8. The van der Waals surface area contributed by atoms with Gasteiger partial charge in [0.2, 0.25) is 0 Å². The summed E-state index contributed by atoms with van der Waals surface area (Å²) in [4.78, 5) is 18.7. The van der Waals surface area contributed by atoms with Crippen LogP contribution in [0.25, 0.3) is 17.1 Å². The maximum atomic E-state index is 12.8. The van der Waals surface area contributed by atoms with Crippen molar-refractivity contribution in [2.24, 2.45) is 0 Å². The van der Waals surface area contributed by atoms with Crippen LogP contribution in [0.3, 0.4) is 0 Å². The number of amides is 1. The highest BCUT2D eigenvalue weighted by Crippen LogP contribution is 2.21. The second kappa shape index (κ2) is 12.1. The zero-order chi connectivity index (χ0) is 27.1. The monoisotopic (exact) mass is 519 g/mol. The summed E-state index contributed by atoms with van der Waals surface area (Å²) in [7, 11) is 1.57. The van der Waals surface area contributed by atoms with E-state index in [4.69, 9.17) is 9.15 Å². The zero-order valence-electron chi connectivity index (χ0n) is 21.8. The predicted octanol–water partition coefficient (Wildman–Crippen LogP) is 4.64. The number of hydrogen-bond acceptors (Lipinski definition) is 8. The van der Waals surface area contributed by atoms with Crippen LogP contribution in [0.15, 0.2) is 76.4 Å². The summed E-state index contributed by atoms with van der Waals surface area (Å²) in [5.74, 6) is 0.297. The van der Waals surface area contributed by atoms with Crippen LogP contribution in [0.2, 0.25) is 0 Å². The molecule has 10 nitrogen and oxygen atoms in total. The second-order valence-corrected chi connectivity index (χ2v) is 8.74. The van der Waals surface area contributed by atoms with E-state index < -0.39 is 0 Å². The van der Waals surface area contributed by atoms with E-state index in [0.29, 0.717) is 30.0 Å². The van der Waals surface area contributed by atoms with Crippen LogP contribution < -0.4 is 10.1 Å². The Bertz CT molecular complexity index is 1460. The molecule has 0 aromatic carbocycles. The number of carbonyl (C=O) groups is 1. The first kappa shape index (κ1) is 26.5. The Morgan fingerprint density at radius 2 is 2.11 bits per heavy atom. The first-order valence-electron chi connectivity index (χ1n) is 12.2. The molecule has 0 atom stereocenters. The van der Waals surface area contributed by atoms with Gasteiger partial charge in [0.05, 0.1) is 19.5 Å². The lowest BCUT2D eigenvalue weighted by atomic mass is 10.1. The van der Waals surface area contributed by atoms with Crippen molar-refractivity contribution in [1.29, 1.82) is 0 Å². The van der Waals surface area contributed by atoms with Gasteiger partial charge in [-0.25, -0.2) is 13.9 Å². The molecule has 0 aliphatic carbocycles. The fourth-order valence-corrected chi connectivity index (χ4v) is 3.69. The van der Waals surface area contributed by atoms with Crippen molar-refractivity contribution < 1.29 is 18.3 Å². The largest absolute Gasteiger partial charge is 0.495 e. The van der Waals surface area contributed by atoms with Crippen LogP contribution in [-0.2, 0) is 0 Å². The Kier molecular flexibility index (Phi) is 8.47. The Morgan fingerprint density at radius 3 is 2.79 bits per heavy atom. The minimum Gasteiger partial charge on any atom is -0.495 e. The standard InChI is InChI=1S/C20H25N5O3.C7H5FN2/c1-5-13(2)10-21-16-8-9-25(12-14(16)3)20(26)19-24-23-18(28-19)17-7-6-15(27-4)11-22-17;8-6-2-1-5-10-7(6)3-4-9-10/h6-7,10-11,21H,5,8-9,12H2,1-4H3;1-5H. The second-order valence-electron chi connectivity index (χ2n) is 8.74. The molecule has 0 fully saturated rings. The van der Waals surface area contributed by atoms with Gasteiger partial charge in [-0.05, 0) is 62.4 Å². The van der Waals surface area contributed by atoms with Crippen molar-refractivity contribution >= 4 is 11.4 Å². The average molecular weight is 520 g/mol. The lowest BCUT2D eigenvalue weighted by Crippen LogP contribution is -2.38. The van der Waals surface area contributed by atoms with Crippen LogP contribution in [-0.4, -0.2) is 55.8 Å². The lowest BCUT2D eigenvalue weighted by molar-refractivity contribution is 0.0723. The van der Waals surface area contributed by atoms with Crippen molar-refractivity contribution in [2.45, 2.75) is 33.6 Å². The molecule has 5 heterocycles. The molecule has 1 N–H and O–H groups in total. The number of nitrogens with one attached hydrogen (secondary N) is 1. The Labute approximate surface area is 219 Å². The minimum atomic E-state index is -0.272. The van der Waals surface area contributed by atoms with E-state index in [1.807, 2.05) is 13.1 Å². The Hall–Kier alpha value is -4.54. The van der Waals surface area contributed by atoms with Crippen LogP contribution in [0.5, 0.6) is 5.75 Å². The molecular weight excluding hydrogens is 489 g/mol. The van der Waals surface area contributed by atoms with Crippen molar-refractivity contribution in [3.8, 4) is 17.3 Å². The molecule has 5 rings (SSSR count). The molecule has 1 aliphatic rings. The van der Waals surface area contributed by atoms with Gasteiger partial charge in [-0.3, -0.25) is 4.79 Å². The van der Waals surface area contributed by atoms with Crippen LogP contribution in [0.4, 0.5) is 4.39 Å². The van der Waals surface area contributed by atoms with Crippen LogP contribution in [0, 0.1) is 5.82 Å². The molecular formula is C27H30FN7O3. The van der Waals surface area contributed by atoms with Gasteiger partial charge in [0.15, 0.2) is 0 Å². The minimum absolute atomic E-state index is 0.0291. The number of nitrogens with zero attached hydrogens (tertiary/aromatic N) is 6. The van der Waals surface area contributed by atoms with Crippen molar-refractivity contribution in [3.05, 3.63) is 83.7 Å². The summed E-state index contributed by atoms with van der Waals surface area (Å²) in [5.41, 5.74) is 4.57. The van der Waals surface area contributed by atoms with Gasteiger partial charge in [-0.15, -0.1) is 10.2 Å². The third-order valence-corrected chi connectivity index (χ3v) is 6.10. The van der Waals surface area contributed by atoms with E-state index in [1.165, 1.54) is 16.2 Å². The highest BCUT2D eigenvalue weighted by molar-refractivity contribution is 5.90. The number of rotatable bonds is 6. The van der Waals surface area contributed by atoms with Gasteiger partial charge in [0.1, 0.15) is 22.8 Å². The fourth-order valence-electron chi connectivity index (χ4n) is 3.69. The van der Waals surface area contributed by atoms with Gasteiger partial charge in [-0.1, -0.05) is 12.5 Å². The highest BCUT2D eigenvalue weighted by atomic mass is 19.1. The van der Waals surface area contributed by atoms with Crippen molar-refractivity contribution in [1.82, 2.24) is 35.0 Å². The molecule has 0 spiro atoms. The van der Waals surface area contributed by atoms with Gasteiger partial charge in [-0.2, -0.15) is 5.10 Å². The van der Waals surface area contributed by atoms with E-state index in [2.05, 4.69) is 39.4 Å². The van der Waals surface area contributed by atoms with Crippen molar-refractivity contribution in [2.75, 3.05) is 20.2 Å². The normalized spacial score (nSPS) is 13.8. The molecule has 1 aliphatic heterocycles. The molecule has 198 valence electrons. The molecule has 11 heteroatoms. The number of aromatic nitrogens is 5. The number of ether oxygens (including phenoxy) is 1. The lowest BCUT2D eigenvalue weighted by Gasteiger charge is -2.28. The summed E-state index contributed by atoms with van der Waals surface area (Å²) >= 11 is 0. The van der Waals surface area contributed by atoms with E-state index in [-0.39, 0.29) is 23.5 Å². The Balaban J connectivity index is 0.000000278. The molecule has 4 aromatic rings. The first-order chi connectivity index (χ1) is 18.4. The molecule has 0 radical (unpaired) electrons. The maximum Gasteiger partial charge on any atom is 0.311 e. The number of halogens is 1. The van der Waals surface area contributed by atoms with Gasteiger partial charge in [0.25, 0.3) is 5.89 Å². The van der Waals surface area contributed by atoms with Gasteiger partial charge < -0.3 is 19.4 Å². The predicted molar refractivity (Wildman–Crippen MR) is 140 cm³/mol. The van der Waals surface area contributed by atoms with E-state index in [1.54, 1.807) is 54.9 Å².